The highest BCUT2D eigenvalue weighted by Gasteiger charge is 2.03. The molecule has 5 heteroatoms. The Morgan fingerprint density at radius 2 is 2.29 bits per heavy atom. The van der Waals surface area contributed by atoms with Crippen LogP contribution in [0.4, 0.5) is 5.95 Å². The molecular formula is C9H9N3OS. The number of aromatic amines is 1. The topological polar surface area (TPSA) is 57.8 Å². The van der Waals surface area contributed by atoms with Crippen molar-refractivity contribution >= 4 is 35.5 Å². The summed E-state index contributed by atoms with van der Waals surface area (Å²) < 4.78 is 0. The van der Waals surface area contributed by atoms with Gasteiger partial charge in [-0.25, -0.2) is 4.98 Å². The second-order valence-corrected chi connectivity index (χ2v) is 3.13. The minimum absolute atomic E-state index is 0.150. The Hall–Kier alpha value is -1.49. The highest BCUT2D eigenvalue weighted by Crippen LogP contribution is 2.12. The third-order valence-corrected chi connectivity index (χ3v) is 2.08. The van der Waals surface area contributed by atoms with Crippen LogP contribution in [0.15, 0.2) is 24.3 Å². The van der Waals surface area contributed by atoms with Crippen molar-refractivity contribution in [3.63, 3.8) is 0 Å². The van der Waals surface area contributed by atoms with Gasteiger partial charge in [0.25, 0.3) is 0 Å². The molecule has 0 saturated carbocycles. The van der Waals surface area contributed by atoms with Gasteiger partial charge in [-0.1, -0.05) is 12.1 Å². The molecule has 2 N–H and O–H groups in total. The van der Waals surface area contributed by atoms with Gasteiger partial charge >= 0.3 is 0 Å². The first-order valence-corrected chi connectivity index (χ1v) is 4.78. The van der Waals surface area contributed by atoms with Crippen molar-refractivity contribution in [1.82, 2.24) is 9.97 Å². The number of aromatic nitrogens is 2. The number of imidazole rings is 1. The number of hydrogen-bond donors (Lipinski definition) is 3. The zero-order valence-corrected chi connectivity index (χ0v) is 8.21. The number of fused-ring (bicyclic) bond motifs is 1. The van der Waals surface area contributed by atoms with Crippen LogP contribution < -0.4 is 5.32 Å². The molecule has 0 aliphatic carbocycles. The van der Waals surface area contributed by atoms with Gasteiger partial charge in [-0.3, -0.25) is 10.1 Å². The predicted octanol–water partition coefficient (Wildman–Crippen LogP) is 1.43. The van der Waals surface area contributed by atoms with E-state index in [-0.39, 0.29) is 11.7 Å². The fourth-order valence-corrected chi connectivity index (χ4v) is 1.26. The highest BCUT2D eigenvalue weighted by molar-refractivity contribution is 7.81. The van der Waals surface area contributed by atoms with Crippen molar-refractivity contribution < 1.29 is 4.79 Å². The Labute approximate surface area is 86.1 Å². The molecule has 0 bridgehead atoms. The summed E-state index contributed by atoms with van der Waals surface area (Å²) in [6.07, 6.45) is 0. The first-order valence-electron chi connectivity index (χ1n) is 4.15. The number of nitrogens with one attached hydrogen (secondary N) is 2. The average molecular weight is 207 g/mol. The first-order chi connectivity index (χ1) is 6.79. The highest BCUT2D eigenvalue weighted by atomic mass is 32.1. The lowest BCUT2D eigenvalue weighted by atomic mass is 10.3. The van der Waals surface area contributed by atoms with E-state index in [9.17, 15) is 4.79 Å². The van der Waals surface area contributed by atoms with E-state index in [1.54, 1.807) is 0 Å². The number of rotatable bonds is 2. The minimum Gasteiger partial charge on any atom is -0.324 e. The molecule has 0 saturated heterocycles. The molecule has 1 heterocycles. The summed E-state index contributed by atoms with van der Waals surface area (Å²) in [5, 5.41) is 2.60. The maximum absolute atomic E-state index is 11.0. The van der Waals surface area contributed by atoms with Crippen LogP contribution in [0.3, 0.4) is 0 Å². The van der Waals surface area contributed by atoms with E-state index in [0.29, 0.717) is 5.95 Å². The summed E-state index contributed by atoms with van der Waals surface area (Å²) in [5.74, 6) is 0.439. The monoisotopic (exact) mass is 207 g/mol. The number of carbonyl (C=O) groups is 1. The summed E-state index contributed by atoms with van der Waals surface area (Å²) in [5.41, 5.74) is 1.74. The zero-order chi connectivity index (χ0) is 9.97. The second-order valence-electron chi connectivity index (χ2n) is 2.81. The molecule has 0 spiro atoms. The van der Waals surface area contributed by atoms with E-state index >= 15 is 0 Å². The quantitative estimate of drug-likeness (QED) is 0.652. The van der Waals surface area contributed by atoms with Crippen LogP contribution in [0, 0.1) is 0 Å². The number of H-pyrrole nitrogens is 1. The number of nitrogens with zero attached hydrogens (tertiary/aromatic N) is 1. The van der Waals surface area contributed by atoms with Crippen LogP contribution in [-0.4, -0.2) is 21.6 Å². The molecule has 1 amide bonds. The minimum atomic E-state index is -0.174. The second kappa shape index (κ2) is 3.71. The Morgan fingerprint density at radius 1 is 1.50 bits per heavy atom. The number of benzene rings is 1. The van der Waals surface area contributed by atoms with Crippen LogP contribution in [-0.2, 0) is 4.79 Å². The lowest BCUT2D eigenvalue weighted by Gasteiger charge is -1.95. The molecule has 1 aromatic carbocycles. The molecular weight excluding hydrogens is 198 g/mol. The average Bonchev–Trinajstić information content (AvgIpc) is 2.59. The molecule has 14 heavy (non-hydrogen) atoms. The van der Waals surface area contributed by atoms with Gasteiger partial charge < -0.3 is 4.98 Å². The van der Waals surface area contributed by atoms with Crippen molar-refractivity contribution in [2.24, 2.45) is 0 Å². The van der Waals surface area contributed by atoms with Gasteiger partial charge in [0.2, 0.25) is 11.9 Å². The number of thiol groups is 1. The van der Waals surface area contributed by atoms with Gasteiger partial charge in [-0.2, -0.15) is 12.6 Å². The number of amides is 1. The largest absolute Gasteiger partial charge is 0.324 e. The summed E-state index contributed by atoms with van der Waals surface area (Å²) in [6.45, 7) is 0. The van der Waals surface area contributed by atoms with E-state index in [4.69, 9.17) is 0 Å². The van der Waals surface area contributed by atoms with Crippen LogP contribution >= 0.6 is 12.6 Å². The third kappa shape index (κ3) is 1.72. The van der Waals surface area contributed by atoms with Crippen molar-refractivity contribution in [1.29, 1.82) is 0 Å². The molecule has 0 aliphatic heterocycles. The molecule has 0 radical (unpaired) electrons. The summed E-state index contributed by atoms with van der Waals surface area (Å²) in [6, 6.07) is 7.58. The van der Waals surface area contributed by atoms with Crippen molar-refractivity contribution in [2.45, 2.75) is 0 Å². The third-order valence-electron chi connectivity index (χ3n) is 1.79. The number of carbonyl (C=O) groups excluding carboxylic acids is 1. The number of anilines is 1. The van der Waals surface area contributed by atoms with E-state index in [1.165, 1.54) is 0 Å². The van der Waals surface area contributed by atoms with Crippen molar-refractivity contribution in [3.8, 4) is 0 Å². The van der Waals surface area contributed by atoms with Crippen LogP contribution in [0.1, 0.15) is 0 Å². The Morgan fingerprint density at radius 3 is 3.00 bits per heavy atom. The Bertz CT molecular complexity index is 433. The number of hydrogen-bond acceptors (Lipinski definition) is 3. The van der Waals surface area contributed by atoms with E-state index in [0.717, 1.165) is 11.0 Å². The van der Waals surface area contributed by atoms with Crippen LogP contribution in [0.2, 0.25) is 0 Å². The summed E-state index contributed by atoms with van der Waals surface area (Å²) >= 11 is 3.85. The van der Waals surface area contributed by atoms with Gasteiger partial charge in [-0.05, 0) is 12.1 Å². The van der Waals surface area contributed by atoms with Gasteiger partial charge in [0, 0.05) is 0 Å². The van der Waals surface area contributed by atoms with Crippen LogP contribution in [0.25, 0.3) is 11.0 Å². The smallest absolute Gasteiger partial charge is 0.236 e. The van der Waals surface area contributed by atoms with E-state index < -0.39 is 0 Å². The summed E-state index contributed by atoms with van der Waals surface area (Å²) in [7, 11) is 0. The van der Waals surface area contributed by atoms with Gasteiger partial charge in [0.15, 0.2) is 0 Å². The standard InChI is InChI=1S/C9H9N3OS/c13-8(5-14)12-9-10-6-3-1-2-4-7(6)11-9/h1-4,14H,5H2,(H2,10,11,12,13). The molecule has 4 nitrogen and oxygen atoms in total. The lowest BCUT2D eigenvalue weighted by molar-refractivity contribution is -0.113. The maximum Gasteiger partial charge on any atom is 0.236 e. The number of para-hydroxylation sites is 2. The van der Waals surface area contributed by atoms with Gasteiger partial charge in [0.1, 0.15) is 0 Å². The van der Waals surface area contributed by atoms with Gasteiger partial charge in [-0.15, -0.1) is 0 Å². The molecule has 2 rings (SSSR count). The SMILES string of the molecule is O=C(CS)Nc1nc2ccccc2[nH]1. The van der Waals surface area contributed by atoms with Crippen LogP contribution in [0.5, 0.6) is 0 Å². The first kappa shape index (κ1) is 9.08. The van der Waals surface area contributed by atoms with E-state index in [1.807, 2.05) is 24.3 Å². The predicted molar refractivity (Wildman–Crippen MR) is 58.6 cm³/mol. The molecule has 0 aliphatic rings. The zero-order valence-electron chi connectivity index (χ0n) is 7.32. The van der Waals surface area contributed by atoms with Crippen molar-refractivity contribution in [3.05, 3.63) is 24.3 Å². The molecule has 72 valence electrons. The molecule has 0 atom stereocenters. The summed E-state index contributed by atoms with van der Waals surface area (Å²) in [4.78, 5) is 18.2. The van der Waals surface area contributed by atoms with Crippen molar-refractivity contribution in [2.75, 3.05) is 11.1 Å². The van der Waals surface area contributed by atoms with Gasteiger partial charge in [0.05, 0.1) is 16.8 Å². The Kier molecular flexibility index (Phi) is 2.41. The molecule has 2 aromatic rings. The normalized spacial score (nSPS) is 10.4. The lowest BCUT2D eigenvalue weighted by Crippen LogP contribution is -2.13. The van der Waals surface area contributed by atoms with E-state index in [2.05, 4.69) is 27.9 Å². The molecule has 0 fully saturated rings. The molecule has 0 unspecified atom stereocenters. The fourth-order valence-electron chi connectivity index (χ4n) is 1.18. The maximum atomic E-state index is 11.0. The Balaban J connectivity index is 2.31. The fraction of sp³-hybridized carbons (Fsp3) is 0.111. The molecule has 1 aromatic heterocycles.